The molecule has 0 aromatic heterocycles. The van der Waals surface area contributed by atoms with E-state index >= 15 is 0 Å². The van der Waals surface area contributed by atoms with Crippen LogP contribution in [-0.4, -0.2) is 50.1 Å². The van der Waals surface area contributed by atoms with Crippen molar-refractivity contribution in [2.45, 2.75) is 13.0 Å². The van der Waals surface area contributed by atoms with E-state index in [1.54, 1.807) is 17.9 Å². The number of hydrogen-bond donors (Lipinski definition) is 1. The Hall–Kier alpha value is -1.82. The van der Waals surface area contributed by atoms with E-state index in [0.29, 0.717) is 26.2 Å². The minimum Gasteiger partial charge on any atom is -0.494 e. The lowest BCUT2D eigenvalue weighted by atomic mass is 10.2. The molecule has 0 radical (unpaired) electrons. The number of hydrogen-bond acceptors (Lipinski definition) is 4. The molecule has 0 saturated carbocycles. The summed E-state index contributed by atoms with van der Waals surface area (Å²) >= 11 is 0. The summed E-state index contributed by atoms with van der Waals surface area (Å²) < 4.78 is 18.6. The van der Waals surface area contributed by atoms with Crippen LogP contribution in [0.1, 0.15) is 6.92 Å². The van der Waals surface area contributed by atoms with Crippen molar-refractivity contribution in [2.75, 3.05) is 38.2 Å². The smallest absolute Gasteiger partial charge is 0.239 e. The first-order valence-corrected chi connectivity index (χ1v) is 6.65. The normalized spacial score (nSPS) is 17.0. The minimum absolute atomic E-state index is 0.0365. The summed E-state index contributed by atoms with van der Waals surface area (Å²) in [6.07, 6.45) is 0. The fourth-order valence-corrected chi connectivity index (χ4v) is 2.33. The first-order valence-electron chi connectivity index (χ1n) is 6.65. The van der Waals surface area contributed by atoms with Gasteiger partial charge in [-0.15, -0.1) is 0 Å². The van der Waals surface area contributed by atoms with Crippen LogP contribution in [0.4, 0.5) is 10.1 Å². The molecule has 0 spiro atoms. The third kappa shape index (κ3) is 3.01. The molecular formula is C14H20FN3O2. The second kappa shape index (κ2) is 6.09. The average molecular weight is 281 g/mol. The van der Waals surface area contributed by atoms with E-state index in [-0.39, 0.29) is 17.5 Å². The highest BCUT2D eigenvalue weighted by atomic mass is 19.1. The average Bonchev–Trinajstić information content (AvgIpc) is 2.46. The zero-order valence-corrected chi connectivity index (χ0v) is 11.8. The summed E-state index contributed by atoms with van der Waals surface area (Å²) in [4.78, 5) is 15.6. The molecule has 2 rings (SSSR count). The van der Waals surface area contributed by atoms with E-state index in [1.165, 1.54) is 13.2 Å². The van der Waals surface area contributed by atoms with Crippen molar-refractivity contribution in [1.29, 1.82) is 0 Å². The molecule has 1 aliphatic heterocycles. The topological polar surface area (TPSA) is 58.8 Å². The van der Waals surface area contributed by atoms with Gasteiger partial charge >= 0.3 is 0 Å². The van der Waals surface area contributed by atoms with Crippen molar-refractivity contribution in [3.63, 3.8) is 0 Å². The summed E-state index contributed by atoms with van der Waals surface area (Å²) in [5, 5.41) is 0. The molecule has 1 aromatic carbocycles. The van der Waals surface area contributed by atoms with Crippen LogP contribution in [0.2, 0.25) is 0 Å². The molecule has 110 valence electrons. The number of methoxy groups -OCH3 is 1. The van der Waals surface area contributed by atoms with Crippen LogP contribution in [0.15, 0.2) is 18.2 Å². The first kappa shape index (κ1) is 14.6. The molecule has 1 amide bonds. The van der Waals surface area contributed by atoms with E-state index in [1.807, 2.05) is 11.0 Å². The Morgan fingerprint density at radius 3 is 2.50 bits per heavy atom. The fourth-order valence-electron chi connectivity index (χ4n) is 2.33. The molecule has 1 aliphatic rings. The Morgan fingerprint density at radius 2 is 2.00 bits per heavy atom. The standard InChI is InChI=1S/C14H20FN3O2/c1-10(16)14(19)18-7-5-17(6-8-18)11-3-4-13(20-2)12(15)9-11/h3-4,9-10H,5-8,16H2,1-2H3/t10-/m0/s1. The van der Waals surface area contributed by atoms with Crippen LogP contribution in [0.5, 0.6) is 5.75 Å². The third-order valence-corrected chi connectivity index (χ3v) is 3.48. The summed E-state index contributed by atoms with van der Waals surface area (Å²) in [7, 11) is 1.44. The number of nitrogens with zero attached hydrogens (tertiary/aromatic N) is 2. The number of nitrogens with two attached hydrogens (primary N) is 1. The van der Waals surface area contributed by atoms with Crippen LogP contribution in [0, 0.1) is 5.82 Å². The van der Waals surface area contributed by atoms with Crippen LogP contribution in [-0.2, 0) is 4.79 Å². The number of anilines is 1. The molecule has 6 heteroatoms. The summed E-state index contributed by atoms with van der Waals surface area (Å²) in [5.74, 6) is -0.177. The van der Waals surface area contributed by atoms with Gasteiger partial charge in [0, 0.05) is 37.9 Å². The van der Waals surface area contributed by atoms with Gasteiger partial charge in [-0.3, -0.25) is 4.79 Å². The Balaban J connectivity index is 2.00. The Morgan fingerprint density at radius 1 is 1.35 bits per heavy atom. The molecule has 0 bridgehead atoms. The molecule has 1 heterocycles. The number of piperazine rings is 1. The van der Waals surface area contributed by atoms with Gasteiger partial charge < -0.3 is 20.3 Å². The minimum atomic E-state index is -0.472. The van der Waals surface area contributed by atoms with Gasteiger partial charge in [-0.05, 0) is 19.1 Å². The number of benzene rings is 1. The number of carbonyl (C=O) groups is 1. The van der Waals surface area contributed by atoms with E-state index in [4.69, 9.17) is 10.5 Å². The van der Waals surface area contributed by atoms with Gasteiger partial charge in [-0.2, -0.15) is 0 Å². The van der Waals surface area contributed by atoms with E-state index in [9.17, 15) is 9.18 Å². The molecule has 5 nitrogen and oxygen atoms in total. The second-order valence-electron chi connectivity index (χ2n) is 4.92. The molecular weight excluding hydrogens is 261 g/mol. The van der Waals surface area contributed by atoms with Crippen molar-refractivity contribution in [3.8, 4) is 5.75 Å². The second-order valence-corrected chi connectivity index (χ2v) is 4.92. The molecule has 1 atom stereocenters. The summed E-state index contributed by atoms with van der Waals surface area (Å²) in [6, 6.07) is 4.43. The number of amides is 1. The predicted molar refractivity (Wildman–Crippen MR) is 75.4 cm³/mol. The van der Waals surface area contributed by atoms with Gasteiger partial charge in [-0.1, -0.05) is 0 Å². The molecule has 20 heavy (non-hydrogen) atoms. The van der Waals surface area contributed by atoms with Gasteiger partial charge in [0.2, 0.25) is 5.91 Å². The maximum Gasteiger partial charge on any atom is 0.239 e. The monoisotopic (exact) mass is 281 g/mol. The summed E-state index contributed by atoms with van der Waals surface area (Å²) in [5.41, 5.74) is 6.40. The van der Waals surface area contributed by atoms with E-state index < -0.39 is 6.04 Å². The number of rotatable bonds is 3. The van der Waals surface area contributed by atoms with Crippen molar-refractivity contribution in [1.82, 2.24) is 4.90 Å². The Bertz CT molecular complexity index is 485. The quantitative estimate of drug-likeness (QED) is 0.891. The van der Waals surface area contributed by atoms with Crippen molar-refractivity contribution < 1.29 is 13.9 Å². The Labute approximate surface area is 118 Å². The number of halogens is 1. The zero-order valence-electron chi connectivity index (χ0n) is 11.8. The molecule has 1 fully saturated rings. The molecule has 0 aliphatic carbocycles. The van der Waals surface area contributed by atoms with Crippen LogP contribution >= 0.6 is 0 Å². The summed E-state index contributed by atoms with van der Waals surface area (Å²) in [6.45, 7) is 4.24. The lowest BCUT2D eigenvalue weighted by Gasteiger charge is -2.36. The van der Waals surface area contributed by atoms with Gasteiger partial charge in [0.1, 0.15) is 0 Å². The van der Waals surface area contributed by atoms with Crippen molar-refractivity contribution >= 4 is 11.6 Å². The molecule has 1 aromatic rings. The fraction of sp³-hybridized carbons (Fsp3) is 0.500. The molecule has 0 unspecified atom stereocenters. The van der Waals surface area contributed by atoms with Crippen LogP contribution in [0.25, 0.3) is 0 Å². The number of carbonyl (C=O) groups excluding carboxylic acids is 1. The number of ether oxygens (including phenoxy) is 1. The van der Waals surface area contributed by atoms with Gasteiger partial charge in [0.15, 0.2) is 11.6 Å². The molecule has 2 N–H and O–H groups in total. The van der Waals surface area contributed by atoms with Crippen LogP contribution in [0.3, 0.4) is 0 Å². The zero-order chi connectivity index (χ0) is 14.7. The van der Waals surface area contributed by atoms with Gasteiger partial charge in [0.05, 0.1) is 13.2 Å². The first-order chi connectivity index (χ1) is 9.52. The van der Waals surface area contributed by atoms with Crippen LogP contribution < -0.4 is 15.4 Å². The highest BCUT2D eigenvalue weighted by molar-refractivity contribution is 5.81. The maximum absolute atomic E-state index is 13.7. The van der Waals surface area contributed by atoms with Crippen molar-refractivity contribution in [2.24, 2.45) is 5.73 Å². The SMILES string of the molecule is COc1ccc(N2CCN(C(=O)[C@H](C)N)CC2)cc1F. The van der Waals surface area contributed by atoms with Gasteiger partial charge in [0.25, 0.3) is 0 Å². The van der Waals surface area contributed by atoms with E-state index in [2.05, 4.69) is 0 Å². The largest absolute Gasteiger partial charge is 0.494 e. The predicted octanol–water partition coefficient (Wildman–Crippen LogP) is 0.830. The third-order valence-electron chi connectivity index (χ3n) is 3.48. The lowest BCUT2D eigenvalue weighted by molar-refractivity contribution is -0.132. The lowest BCUT2D eigenvalue weighted by Crippen LogP contribution is -2.52. The highest BCUT2D eigenvalue weighted by Gasteiger charge is 2.23. The van der Waals surface area contributed by atoms with Crippen molar-refractivity contribution in [3.05, 3.63) is 24.0 Å². The van der Waals surface area contributed by atoms with E-state index in [0.717, 1.165) is 5.69 Å². The highest BCUT2D eigenvalue weighted by Crippen LogP contribution is 2.24. The Kier molecular flexibility index (Phi) is 4.44. The molecule has 1 saturated heterocycles. The van der Waals surface area contributed by atoms with Gasteiger partial charge in [-0.25, -0.2) is 4.39 Å². The maximum atomic E-state index is 13.7.